The van der Waals surface area contributed by atoms with Crippen LogP contribution in [0.25, 0.3) is 0 Å². The molecule has 0 unspecified atom stereocenters. The Morgan fingerprint density at radius 1 is 1.12 bits per heavy atom. The van der Waals surface area contributed by atoms with E-state index in [0.29, 0.717) is 6.42 Å². The maximum Gasteiger partial charge on any atom is 0.407 e. The zero-order valence-electron chi connectivity index (χ0n) is 11.4. The van der Waals surface area contributed by atoms with Crippen LogP contribution in [0, 0.1) is 5.92 Å². The van der Waals surface area contributed by atoms with Gasteiger partial charge in [0, 0.05) is 5.92 Å². The summed E-state index contributed by atoms with van der Waals surface area (Å²) in [5.74, 6) is 0.203. The summed E-state index contributed by atoms with van der Waals surface area (Å²) in [6.07, 6.45) is 3.85. The molecule has 0 saturated heterocycles. The Balaban J connectivity index is 4.51. The molecule has 0 spiro atoms. The van der Waals surface area contributed by atoms with E-state index < -0.39 is 12.1 Å². The highest BCUT2D eigenvalue weighted by atomic mass is 16.5. The number of ketones is 1. The van der Waals surface area contributed by atoms with E-state index in [4.69, 9.17) is 0 Å². The minimum absolute atomic E-state index is 0.0621. The van der Waals surface area contributed by atoms with Gasteiger partial charge < -0.3 is 10.1 Å². The van der Waals surface area contributed by atoms with E-state index in [1.54, 1.807) is 0 Å². The first kappa shape index (κ1) is 15.9. The third-order valence-corrected chi connectivity index (χ3v) is 2.91. The zero-order valence-corrected chi connectivity index (χ0v) is 11.4. The number of ether oxygens (including phenoxy) is 1. The Morgan fingerprint density at radius 2 is 1.65 bits per heavy atom. The minimum Gasteiger partial charge on any atom is -0.453 e. The van der Waals surface area contributed by atoms with Gasteiger partial charge in [-0.25, -0.2) is 4.79 Å². The summed E-state index contributed by atoms with van der Waals surface area (Å²) in [7, 11) is 1.31. The maximum absolute atomic E-state index is 12.2. The Hall–Kier alpha value is -1.06. The van der Waals surface area contributed by atoms with E-state index in [1.807, 2.05) is 6.92 Å². The van der Waals surface area contributed by atoms with Gasteiger partial charge in [-0.1, -0.05) is 33.6 Å². The van der Waals surface area contributed by atoms with Gasteiger partial charge in [0.1, 0.15) is 0 Å². The van der Waals surface area contributed by atoms with Crippen molar-refractivity contribution in [3.05, 3.63) is 0 Å². The van der Waals surface area contributed by atoms with E-state index in [0.717, 1.165) is 25.7 Å². The summed E-state index contributed by atoms with van der Waals surface area (Å²) in [6, 6.07) is -0.412. The average Bonchev–Trinajstić information content (AvgIpc) is 2.34. The molecule has 0 aliphatic carbocycles. The first-order valence-electron chi connectivity index (χ1n) is 6.48. The fraction of sp³-hybridized carbons (Fsp3) is 0.846. The third kappa shape index (κ3) is 5.71. The van der Waals surface area contributed by atoms with Crippen LogP contribution in [0.2, 0.25) is 0 Å². The van der Waals surface area contributed by atoms with Gasteiger partial charge in [-0.3, -0.25) is 4.79 Å². The Kier molecular flexibility index (Phi) is 8.46. The van der Waals surface area contributed by atoms with Crippen LogP contribution in [0.15, 0.2) is 0 Å². The van der Waals surface area contributed by atoms with Crippen LogP contribution >= 0.6 is 0 Å². The summed E-state index contributed by atoms with van der Waals surface area (Å²) in [6.45, 7) is 6.04. The SMILES string of the molecule is CCCC(CCC)C(=O)[C@H](CC)NC(=O)OC. The van der Waals surface area contributed by atoms with Crippen LogP contribution in [0.5, 0.6) is 0 Å². The number of alkyl carbamates (subject to hydrolysis) is 1. The molecule has 0 fully saturated rings. The summed E-state index contributed by atoms with van der Waals surface area (Å²) >= 11 is 0. The van der Waals surface area contributed by atoms with Gasteiger partial charge >= 0.3 is 6.09 Å². The van der Waals surface area contributed by atoms with E-state index in [1.165, 1.54) is 7.11 Å². The van der Waals surface area contributed by atoms with Crippen LogP contribution in [0.1, 0.15) is 52.9 Å². The molecule has 0 bridgehead atoms. The van der Waals surface area contributed by atoms with Crippen LogP contribution < -0.4 is 5.32 Å². The third-order valence-electron chi connectivity index (χ3n) is 2.91. The summed E-state index contributed by atoms with van der Waals surface area (Å²) in [4.78, 5) is 23.4. The molecule has 0 aliphatic rings. The quantitative estimate of drug-likeness (QED) is 0.713. The molecular weight excluding hydrogens is 218 g/mol. The van der Waals surface area contributed by atoms with Gasteiger partial charge in [0.15, 0.2) is 5.78 Å². The molecule has 0 radical (unpaired) electrons. The smallest absolute Gasteiger partial charge is 0.407 e. The molecule has 100 valence electrons. The second kappa shape index (κ2) is 9.02. The average molecular weight is 243 g/mol. The molecule has 0 rings (SSSR count). The number of hydrogen-bond donors (Lipinski definition) is 1. The highest BCUT2D eigenvalue weighted by molar-refractivity contribution is 5.89. The number of hydrogen-bond acceptors (Lipinski definition) is 3. The van der Waals surface area contributed by atoms with E-state index in [9.17, 15) is 9.59 Å². The molecule has 1 atom stereocenters. The summed E-state index contributed by atoms with van der Waals surface area (Å²) < 4.78 is 4.53. The molecule has 0 aromatic heterocycles. The zero-order chi connectivity index (χ0) is 13.3. The molecule has 1 N–H and O–H groups in total. The summed E-state index contributed by atoms with van der Waals surface area (Å²) in [5.41, 5.74) is 0. The largest absolute Gasteiger partial charge is 0.453 e. The lowest BCUT2D eigenvalue weighted by Gasteiger charge is -2.21. The Morgan fingerprint density at radius 3 is 2.00 bits per heavy atom. The monoisotopic (exact) mass is 243 g/mol. The molecule has 0 aromatic rings. The number of nitrogens with one attached hydrogen (secondary N) is 1. The number of carbonyl (C=O) groups excluding carboxylic acids is 2. The normalized spacial score (nSPS) is 12.3. The fourth-order valence-electron chi connectivity index (χ4n) is 1.99. The van der Waals surface area contributed by atoms with Crippen LogP contribution in [-0.2, 0) is 9.53 Å². The number of Topliss-reactive ketones (excluding diaryl/α,β-unsaturated/α-hetero) is 1. The van der Waals surface area contributed by atoms with Gasteiger partial charge in [0.25, 0.3) is 0 Å². The van der Waals surface area contributed by atoms with Gasteiger partial charge in [-0.15, -0.1) is 0 Å². The number of amides is 1. The standard InChI is InChI=1S/C13H25NO3/c1-5-8-10(9-6-2)12(15)11(7-3)14-13(16)17-4/h10-11H,5-9H2,1-4H3,(H,14,16)/t11-/m0/s1. The molecule has 0 heterocycles. The van der Waals surface area contributed by atoms with Crippen molar-refractivity contribution in [2.45, 2.75) is 58.9 Å². The second-order valence-electron chi connectivity index (χ2n) is 4.27. The lowest BCUT2D eigenvalue weighted by molar-refractivity contribution is -0.125. The predicted octanol–water partition coefficient (Wildman–Crippen LogP) is 2.91. The lowest BCUT2D eigenvalue weighted by Crippen LogP contribution is -2.43. The van der Waals surface area contributed by atoms with Crippen LogP contribution in [-0.4, -0.2) is 25.0 Å². The summed E-state index contributed by atoms with van der Waals surface area (Å²) in [5, 5.41) is 2.60. The molecule has 17 heavy (non-hydrogen) atoms. The van der Waals surface area contributed by atoms with Crippen molar-refractivity contribution in [1.82, 2.24) is 5.32 Å². The Bertz CT molecular complexity index is 235. The van der Waals surface area contributed by atoms with Crippen molar-refractivity contribution < 1.29 is 14.3 Å². The Labute approximate surface area is 104 Å². The number of methoxy groups -OCH3 is 1. The van der Waals surface area contributed by atoms with Crippen molar-refractivity contribution >= 4 is 11.9 Å². The van der Waals surface area contributed by atoms with E-state index in [-0.39, 0.29) is 11.7 Å². The van der Waals surface area contributed by atoms with E-state index >= 15 is 0 Å². The molecule has 0 aliphatic heterocycles. The number of carbonyl (C=O) groups is 2. The first-order valence-corrected chi connectivity index (χ1v) is 6.48. The van der Waals surface area contributed by atoms with E-state index in [2.05, 4.69) is 23.9 Å². The van der Waals surface area contributed by atoms with Gasteiger partial charge in [-0.05, 0) is 19.3 Å². The molecule has 1 amide bonds. The highest BCUT2D eigenvalue weighted by Gasteiger charge is 2.25. The van der Waals surface area contributed by atoms with Crippen LogP contribution in [0.3, 0.4) is 0 Å². The molecule has 4 heteroatoms. The molecular formula is C13H25NO3. The predicted molar refractivity (Wildman–Crippen MR) is 67.9 cm³/mol. The van der Waals surface area contributed by atoms with Gasteiger partial charge in [0.05, 0.1) is 13.2 Å². The van der Waals surface area contributed by atoms with Crippen molar-refractivity contribution in [1.29, 1.82) is 0 Å². The van der Waals surface area contributed by atoms with Crippen molar-refractivity contribution in [2.24, 2.45) is 5.92 Å². The van der Waals surface area contributed by atoms with Crippen molar-refractivity contribution in [3.8, 4) is 0 Å². The molecule has 0 aromatic carbocycles. The maximum atomic E-state index is 12.2. The molecule has 0 saturated carbocycles. The fourth-order valence-corrected chi connectivity index (χ4v) is 1.99. The second-order valence-corrected chi connectivity index (χ2v) is 4.27. The van der Waals surface area contributed by atoms with Gasteiger partial charge in [-0.2, -0.15) is 0 Å². The minimum atomic E-state index is -0.531. The highest BCUT2D eigenvalue weighted by Crippen LogP contribution is 2.17. The lowest BCUT2D eigenvalue weighted by atomic mass is 9.89. The van der Waals surface area contributed by atoms with Crippen molar-refractivity contribution in [3.63, 3.8) is 0 Å². The molecule has 4 nitrogen and oxygen atoms in total. The van der Waals surface area contributed by atoms with Gasteiger partial charge in [0.2, 0.25) is 0 Å². The van der Waals surface area contributed by atoms with Crippen LogP contribution in [0.4, 0.5) is 4.79 Å². The first-order chi connectivity index (χ1) is 8.10. The topological polar surface area (TPSA) is 55.4 Å². The van der Waals surface area contributed by atoms with Crippen molar-refractivity contribution in [2.75, 3.05) is 7.11 Å². The number of rotatable bonds is 8.